The monoisotopic (exact) mass is 606 g/mol. The number of aliphatic hydroxyl groups is 2. The predicted octanol–water partition coefficient (Wildman–Crippen LogP) is 7.32. The molecule has 1 aliphatic heterocycles. The Bertz CT molecular complexity index is 1120. The average Bonchev–Trinajstić information content (AvgIpc) is 3.16. The largest absolute Gasteiger partial charge is 0.393 e. The van der Waals surface area contributed by atoms with Crippen LogP contribution >= 0.6 is 0 Å². The highest BCUT2D eigenvalue weighted by atomic mass is 32.2. The molecule has 242 valence electrons. The van der Waals surface area contributed by atoms with Crippen LogP contribution in [0.15, 0.2) is 0 Å². The summed E-state index contributed by atoms with van der Waals surface area (Å²) in [5.41, 5.74) is -0.215. The van der Waals surface area contributed by atoms with Crippen molar-refractivity contribution in [1.29, 1.82) is 0 Å². The lowest BCUT2D eigenvalue weighted by molar-refractivity contribution is -0.207. The van der Waals surface area contributed by atoms with E-state index in [2.05, 4.69) is 27.7 Å². The first kappa shape index (κ1) is 31.8. The van der Waals surface area contributed by atoms with E-state index in [1.54, 1.807) is 13.8 Å². The maximum atomic E-state index is 13.0. The molecule has 0 amide bonds. The first-order valence-corrected chi connectivity index (χ1v) is 19.7. The Morgan fingerprint density at radius 3 is 2.29 bits per heavy atom. The lowest BCUT2D eigenvalue weighted by atomic mass is 9.40. The van der Waals surface area contributed by atoms with E-state index >= 15 is 0 Å². The van der Waals surface area contributed by atoms with E-state index in [-0.39, 0.29) is 17.6 Å². The van der Waals surface area contributed by atoms with Gasteiger partial charge in [-0.2, -0.15) is 0 Å². The lowest BCUT2D eigenvalue weighted by Crippen LogP contribution is -2.61. The van der Waals surface area contributed by atoms with Gasteiger partial charge in [0.05, 0.1) is 23.9 Å². The summed E-state index contributed by atoms with van der Waals surface area (Å²) in [6.45, 7) is 13.0. The number of sulfone groups is 1. The van der Waals surface area contributed by atoms with Crippen molar-refractivity contribution in [2.75, 3.05) is 6.26 Å². The molecule has 2 bridgehead atoms. The number of ether oxygens (including phenoxy) is 1. The van der Waals surface area contributed by atoms with Crippen molar-refractivity contribution in [3.63, 3.8) is 0 Å². The molecule has 7 rings (SSSR count). The van der Waals surface area contributed by atoms with Gasteiger partial charge in [0.2, 0.25) is 0 Å². The van der Waals surface area contributed by atoms with Crippen LogP contribution < -0.4 is 0 Å². The van der Waals surface area contributed by atoms with Crippen LogP contribution in [0.1, 0.15) is 138 Å². The highest BCUT2D eigenvalue weighted by Crippen LogP contribution is 2.77. The zero-order valence-electron chi connectivity index (χ0n) is 27.8. The molecule has 6 heteroatoms. The van der Waals surface area contributed by atoms with E-state index < -0.39 is 26.8 Å². The van der Waals surface area contributed by atoms with Crippen LogP contribution in [0.3, 0.4) is 0 Å². The molecule has 7 fully saturated rings. The highest BCUT2D eigenvalue weighted by Gasteiger charge is 2.69. The van der Waals surface area contributed by atoms with Crippen molar-refractivity contribution in [1.82, 2.24) is 0 Å². The van der Waals surface area contributed by atoms with Crippen LogP contribution in [-0.4, -0.2) is 54.0 Å². The molecular formula is C36H62O5S. The van der Waals surface area contributed by atoms with Crippen LogP contribution in [0.25, 0.3) is 0 Å². The topological polar surface area (TPSA) is 83.8 Å². The molecule has 10 unspecified atom stereocenters. The normalized spacial score (nSPS) is 49.5. The molecule has 1 heterocycles. The maximum absolute atomic E-state index is 13.0. The molecule has 7 aliphatic rings. The van der Waals surface area contributed by atoms with Gasteiger partial charge < -0.3 is 14.9 Å². The average molecular weight is 607 g/mol. The Morgan fingerprint density at radius 2 is 1.64 bits per heavy atom. The minimum Gasteiger partial charge on any atom is -0.393 e. The van der Waals surface area contributed by atoms with Gasteiger partial charge in [0.25, 0.3) is 0 Å². The molecule has 0 aromatic carbocycles. The Balaban J connectivity index is 1.36. The van der Waals surface area contributed by atoms with Gasteiger partial charge in [0, 0.05) is 6.26 Å². The fraction of sp³-hybridized carbons (Fsp3) is 1.00. The zero-order chi connectivity index (χ0) is 30.5. The summed E-state index contributed by atoms with van der Waals surface area (Å²) in [6, 6.07) is 0. The number of aliphatic hydroxyl groups excluding tert-OH is 1. The van der Waals surface area contributed by atoms with Gasteiger partial charge >= 0.3 is 0 Å². The quantitative estimate of drug-likeness (QED) is 0.343. The van der Waals surface area contributed by atoms with Gasteiger partial charge in [0.1, 0.15) is 5.25 Å². The number of hydrogen-bond acceptors (Lipinski definition) is 5. The minimum atomic E-state index is -3.49. The fourth-order valence-corrected chi connectivity index (χ4v) is 15.4. The van der Waals surface area contributed by atoms with E-state index in [1.165, 1.54) is 70.5 Å². The van der Waals surface area contributed by atoms with E-state index in [9.17, 15) is 18.6 Å². The summed E-state index contributed by atoms with van der Waals surface area (Å²) >= 11 is 0. The molecule has 0 aromatic rings. The van der Waals surface area contributed by atoms with E-state index in [4.69, 9.17) is 4.74 Å². The molecule has 42 heavy (non-hydrogen) atoms. The molecule has 10 atom stereocenters. The predicted molar refractivity (Wildman–Crippen MR) is 169 cm³/mol. The van der Waals surface area contributed by atoms with Gasteiger partial charge in [-0.3, -0.25) is 0 Å². The van der Waals surface area contributed by atoms with Crippen molar-refractivity contribution in [2.45, 2.75) is 167 Å². The second kappa shape index (κ2) is 10.4. The zero-order valence-corrected chi connectivity index (χ0v) is 28.6. The number of rotatable bonds is 5. The van der Waals surface area contributed by atoms with Crippen molar-refractivity contribution < 1.29 is 23.4 Å². The molecule has 0 aromatic heterocycles. The molecule has 6 aliphatic carbocycles. The van der Waals surface area contributed by atoms with E-state index in [0.717, 1.165) is 32.1 Å². The minimum absolute atomic E-state index is 0.0249. The van der Waals surface area contributed by atoms with Gasteiger partial charge in [-0.25, -0.2) is 8.42 Å². The molecule has 5 nitrogen and oxygen atoms in total. The first-order valence-electron chi connectivity index (χ1n) is 17.7. The Hall–Kier alpha value is -0.170. The molecule has 1 saturated heterocycles. The second-order valence-electron chi connectivity index (χ2n) is 18.1. The summed E-state index contributed by atoms with van der Waals surface area (Å²) < 4.78 is 33.1. The third kappa shape index (κ3) is 4.89. The molecular weight excluding hydrogens is 544 g/mol. The molecule has 2 spiro atoms. The standard InChI is InChI=1S/C36H62O5S/c1-8-11-24-29-25-14-16-27-32(2,3)28(37)12-9-18-36(27)21-35(25,22-36)19-10-17-34(29,6)20-23-13-15-26(41-30(23)24)31(33(4,5)38)42(7,39)40/h23-31,37-38H,8-22H2,1-7H3. The van der Waals surface area contributed by atoms with Crippen molar-refractivity contribution >= 4 is 9.84 Å². The van der Waals surface area contributed by atoms with Gasteiger partial charge in [-0.05, 0) is 142 Å². The second-order valence-corrected chi connectivity index (χ2v) is 20.3. The SMILES string of the molecule is CCCC1C2OC(C(C(C)(C)O)S(C)(=O)=O)CCC2CC2(C)CCCC34CC5(CCCC(O)C(C)(C)C5CCC3C12)C4. The summed E-state index contributed by atoms with van der Waals surface area (Å²) in [5.74, 6) is 2.82. The van der Waals surface area contributed by atoms with Crippen molar-refractivity contribution in [2.24, 2.45) is 51.2 Å². The molecule has 6 saturated carbocycles. The van der Waals surface area contributed by atoms with Gasteiger partial charge in [-0.15, -0.1) is 0 Å². The third-order valence-electron chi connectivity index (χ3n) is 14.6. The Kier molecular flexibility index (Phi) is 7.89. The van der Waals surface area contributed by atoms with Crippen LogP contribution in [-0.2, 0) is 14.6 Å². The Morgan fingerprint density at radius 1 is 0.952 bits per heavy atom. The van der Waals surface area contributed by atoms with Crippen LogP contribution in [0, 0.1) is 51.2 Å². The molecule has 2 N–H and O–H groups in total. The number of hydrogen-bond donors (Lipinski definition) is 2. The summed E-state index contributed by atoms with van der Waals surface area (Å²) in [6.07, 6.45) is 18.6. The number of fused-ring (bicyclic) bond motifs is 3. The third-order valence-corrected chi connectivity index (χ3v) is 16.4. The Labute approximate surface area is 257 Å². The summed E-state index contributed by atoms with van der Waals surface area (Å²) in [5, 5.41) is 21.4. The lowest BCUT2D eigenvalue weighted by Gasteiger charge is -2.65. The maximum Gasteiger partial charge on any atom is 0.155 e. The highest BCUT2D eigenvalue weighted by molar-refractivity contribution is 7.91. The van der Waals surface area contributed by atoms with Crippen molar-refractivity contribution in [3.8, 4) is 0 Å². The van der Waals surface area contributed by atoms with Crippen LogP contribution in [0.4, 0.5) is 0 Å². The van der Waals surface area contributed by atoms with Gasteiger partial charge in [0.15, 0.2) is 9.84 Å². The van der Waals surface area contributed by atoms with Gasteiger partial charge in [-0.1, -0.05) is 47.0 Å². The van der Waals surface area contributed by atoms with Crippen molar-refractivity contribution in [3.05, 3.63) is 0 Å². The van der Waals surface area contributed by atoms with Crippen LogP contribution in [0.2, 0.25) is 0 Å². The first-order chi connectivity index (χ1) is 19.5. The smallest absolute Gasteiger partial charge is 0.155 e. The van der Waals surface area contributed by atoms with E-state index in [1.807, 2.05) is 0 Å². The van der Waals surface area contributed by atoms with Crippen LogP contribution in [0.5, 0.6) is 0 Å². The van der Waals surface area contributed by atoms with E-state index in [0.29, 0.717) is 45.8 Å². The fourth-order valence-electron chi connectivity index (χ4n) is 13.6. The summed E-state index contributed by atoms with van der Waals surface area (Å²) in [7, 11) is -3.49. The summed E-state index contributed by atoms with van der Waals surface area (Å²) in [4.78, 5) is 0. The molecule has 0 radical (unpaired) electrons.